The van der Waals surface area contributed by atoms with E-state index in [4.69, 9.17) is 5.73 Å². The summed E-state index contributed by atoms with van der Waals surface area (Å²) >= 11 is 0. The van der Waals surface area contributed by atoms with E-state index in [1.54, 1.807) is 13.8 Å². The first kappa shape index (κ1) is 10.9. The first-order valence-electron chi connectivity index (χ1n) is 4.69. The monoisotopic (exact) mass is 206 g/mol. The molecule has 1 rings (SSSR count). The zero-order valence-corrected chi connectivity index (χ0v) is 9.05. The summed E-state index contributed by atoms with van der Waals surface area (Å²) in [5.41, 5.74) is 5.72. The fourth-order valence-electron chi connectivity index (χ4n) is 1.50. The molecule has 1 fully saturated rings. The van der Waals surface area contributed by atoms with Crippen LogP contribution in [0.3, 0.4) is 0 Å². The molecular formula is C8H18N2O2S. The van der Waals surface area contributed by atoms with E-state index in [0.29, 0.717) is 13.1 Å². The normalized spacial score (nSPS) is 26.6. The third-order valence-electron chi connectivity index (χ3n) is 2.38. The van der Waals surface area contributed by atoms with Crippen molar-refractivity contribution in [2.45, 2.75) is 38.0 Å². The smallest absolute Gasteiger partial charge is 0.216 e. The number of rotatable bonds is 2. The van der Waals surface area contributed by atoms with Crippen molar-refractivity contribution in [2.24, 2.45) is 5.73 Å². The molecule has 2 N–H and O–H groups in total. The highest BCUT2D eigenvalue weighted by atomic mass is 32.2. The van der Waals surface area contributed by atoms with Gasteiger partial charge in [-0.25, -0.2) is 12.7 Å². The summed E-state index contributed by atoms with van der Waals surface area (Å²) in [6.45, 7) is 4.53. The highest BCUT2D eigenvalue weighted by Gasteiger charge is 2.29. The molecule has 0 radical (unpaired) electrons. The Labute approximate surface area is 80.1 Å². The van der Waals surface area contributed by atoms with E-state index in [2.05, 4.69) is 0 Å². The number of piperidine rings is 1. The number of hydrogen-bond acceptors (Lipinski definition) is 3. The van der Waals surface area contributed by atoms with Gasteiger partial charge in [0.2, 0.25) is 10.0 Å². The van der Waals surface area contributed by atoms with Crippen LogP contribution in [0.5, 0.6) is 0 Å². The third-order valence-corrected chi connectivity index (χ3v) is 4.62. The lowest BCUT2D eigenvalue weighted by Gasteiger charge is -2.31. The summed E-state index contributed by atoms with van der Waals surface area (Å²) in [5, 5.41) is -0.335. The summed E-state index contributed by atoms with van der Waals surface area (Å²) in [7, 11) is -3.08. The molecule has 0 spiro atoms. The summed E-state index contributed by atoms with van der Waals surface area (Å²) < 4.78 is 24.9. The molecule has 4 nitrogen and oxygen atoms in total. The standard InChI is InChI=1S/C8H18N2O2S/c1-7(2)13(11,12)10-5-3-4-8(9)6-10/h7-8H,3-6,9H2,1-2H3. The average Bonchev–Trinajstić information content (AvgIpc) is 2.04. The van der Waals surface area contributed by atoms with E-state index >= 15 is 0 Å². The van der Waals surface area contributed by atoms with Crippen molar-refractivity contribution in [2.75, 3.05) is 13.1 Å². The predicted octanol–water partition coefficient (Wildman–Crippen LogP) is 0.148. The van der Waals surface area contributed by atoms with E-state index in [0.717, 1.165) is 12.8 Å². The van der Waals surface area contributed by atoms with E-state index in [9.17, 15) is 8.42 Å². The van der Waals surface area contributed by atoms with Crippen LogP contribution in [0.2, 0.25) is 0 Å². The zero-order chi connectivity index (χ0) is 10.1. The summed E-state index contributed by atoms with van der Waals surface area (Å²) in [5.74, 6) is 0. The average molecular weight is 206 g/mol. The van der Waals surface area contributed by atoms with Gasteiger partial charge < -0.3 is 5.73 Å². The Kier molecular flexibility index (Phi) is 3.32. The van der Waals surface area contributed by atoms with Crippen LogP contribution in [0.25, 0.3) is 0 Å². The van der Waals surface area contributed by atoms with Gasteiger partial charge in [-0.2, -0.15) is 0 Å². The van der Waals surface area contributed by atoms with Crippen molar-refractivity contribution in [3.8, 4) is 0 Å². The molecule has 1 atom stereocenters. The SMILES string of the molecule is CC(C)S(=O)(=O)N1CCCC(N)C1. The van der Waals surface area contributed by atoms with E-state index < -0.39 is 10.0 Å². The van der Waals surface area contributed by atoms with Crippen LogP contribution in [-0.2, 0) is 10.0 Å². The molecule has 0 aromatic heterocycles. The van der Waals surface area contributed by atoms with Crippen LogP contribution in [0.1, 0.15) is 26.7 Å². The van der Waals surface area contributed by atoms with Gasteiger partial charge in [-0.15, -0.1) is 0 Å². The van der Waals surface area contributed by atoms with Gasteiger partial charge in [0, 0.05) is 19.1 Å². The molecule has 78 valence electrons. The molecule has 1 heterocycles. The molecule has 0 aromatic rings. The number of sulfonamides is 1. The molecule has 0 aromatic carbocycles. The Morgan fingerprint density at radius 2 is 2.08 bits per heavy atom. The van der Waals surface area contributed by atoms with Gasteiger partial charge >= 0.3 is 0 Å². The Bertz CT molecular complexity index is 261. The second-order valence-corrected chi connectivity index (χ2v) is 6.34. The minimum absolute atomic E-state index is 0.0160. The fraction of sp³-hybridized carbons (Fsp3) is 1.00. The lowest BCUT2D eigenvalue weighted by Crippen LogP contribution is -2.47. The van der Waals surface area contributed by atoms with Gasteiger partial charge in [-0.1, -0.05) is 0 Å². The van der Waals surface area contributed by atoms with Gasteiger partial charge in [0.15, 0.2) is 0 Å². The highest BCUT2D eigenvalue weighted by Crippen LogP contribution is 2.15. The molecule has 13 heavy (non-hydrogen) atoms. The second kappa shape index (κ2) is 3.94. The molecule has 0 saturated carbocycles. The maximum atomic E-state index is 11.7. The Morgan fingerprint density at radius 3 is 2.54 bits per heavy atom. The molecule has 1 aliphatic heterocycles. The van der Waals surface area contributed by atoms with Crippen molar-refractivity contribution < 1.29 is 8.42 Å². The quantitative estimate of drug-likeness (QED) is 0.699. The minimum Gasteiger partial charge on any atom is -0.327 e. The number of hydrogen-bond donors (Lipinski definition) is 1. The van der Waals surface area contributed by atoms with Gasteiger partial charge in [-0.3, -0.25) is 0 Å². The van der Waals surface area contributed by atoms with Crippen LogP contribution in [0.4, 0.5) is 0 Å². The summed E-state index contributed by atoms with van der Waals surface area (Å²) in [4.78, 5) is 0. The van der Waals surface area contributed by atoms with E-state index in [1.165, 1.54) is 4.31 Å². The molecule has 0 bridgehead atoms. The van der Waals surface area contributed by atoms with Gasteiger partial charge in [0.1, 0.15) is 0 Å². The molecule has 0 aliphatic carbocycles. The van der Waals surface area contributed by atoms with E-state index in [-0.39, 0.29) is 11.3 Å². The highest BCUT2D eigenvalue weighted by molar-refractivity contribution is 7.89. The minimum atomic E-state index is -3.08. The Morgan fingerprint density at radius 1 is 1.46 bits per heavy atom. The van der Waals surface area contributed by atoms with Crippen LogP contribution in [-0.4, -0.2) is 37.1 Å². The molecule has 1 saturated heterocycles. The number of nitrogens with two attached hydrogens (primary N) is 1. The van der Waals surface area contributed by atoms with Gasteiger partial charge in [0.05, 0.1) is 5.25 Å². The van der Waals surface area contributed by atoms with Crippen molar-refractivity contribution in [1.82, 2.24) is 4.31 Å². The summed E-state index contributed by atoms with van der Waals surface area (Å²) in [6.07, 6.45) is 1.82. The topological polar surface area (TPSA) is 63.4 Å². The molecule has 1 unspecified atom stereocenters. The summed E-state index contributed by atoms with van der Waals surface area (Å²) in [6, 6.07) is 0.0160. The zero-order valence-electron chi connectivity index (χ0n) is 8.23. The second-order valence-electron chi connectivity index (χ2n) is 3.85. The van der Waals surface area contributed by atoms with Crippen LogP contribution in [0, 0.1) is 0 Å². The Balaban J connectivity index is 2.71. The molecule has 1 aliphatic rings. The first-order chi connectivity index (χ1) is 5.94. The Hall–Kier alpha value is -0.130. The van der Waals surface area contributed by atoms with Crippen LogP contribution < -0.4 is 5.73 Å². The number of nitrogens with zero attached hydrogens (tertiary/aromatic N) is 1. The van der Waals surface area contributed by atoms with Crippen LogP contribution in [0.15, 0.2) is 0 Å². The van der Waals surface area contributed by atoms with Crippen molar-refractivity contribution in [3.63, 3.8) is 0 Å². The third kappa shape index (κ3) is 2.42. The van der Waals surface area contributed by atoms with Crippen LogP contribution >= 0.6 is 0 Å². The molecular weight excluding hydrogens is 188 g/mol. The van der Waals surface area contributed by atoms with Crippen molar-refractivity contribution in [3.05, 3.63) is 0 Å². The first-order valence-corrected chi connectivity index (χ1v) is 6.19. The fourth-order valence-corrected chi connectivity index (χ4v) is 2.88. The van der Waals surface area contributed by atoms with Crippen molar-refractivity contribution >= 4 is 10.0 Å². The maximum Gasteiger partial charge on any atom is 0.216 e. The predicted molar refractivity (Wildman–Crippen MR) is 52.8 cm³/mol. The van der Waals surface area contributed by atoms with Crippen molar-refractivity contribution in [1.29, 1.82) is 0 Å². The molecule has 5 heteroatoms. The lowest BCUT2D eigenvalue weighted by molar-refractivity contribution is 0.314. The van der Waals surface area contributed by atoms with Gasteiger partial charge in [0.25, 0.3) is 0 Å². The largest absolute Gasteiger partial charge is 0.327 e. The molecule has 0 amide bonds. The van der Waals surface area contributed by atoms with E-state index in [1.807, 2.05) is 0 Å². The lowest BCUT2D eigenvalue weighted by atomic mass is 10.1. The maximum absolute atomic E-state index is 11.7. The van der Waals surface area contributed by atoms with Gasteiger partial charge in [-0.05, 0) is 26.7 Å².